The van der Waals surface area contributed by atoms with E-state index in [1.807, 2.05) is 0 Å². The lowest BCUT2D eigenvalue weighted by Crippen LogP contribution is -2.49. The molecule has 6 heteroatoms. The van der Waals surface area contributed by atoms with Crippen molar-refractivity contribution in [2.24, 2.45) is 5.92 Å². The number of rotatable bonds is 3. The zero-order valence-corrected chi connectivity index (χ0v) is 14.1. The van der Waals surface area contributed by atoms with Gasteiger partial charge in [-0.1, -0.05) is 30.9 Å². The van der Waals surface area contributed by atoms with Crippen LogP contribution in [0.15, 0.2) is 36.9 Å². The van der Waals surface area contributed by atoms with Crippen molar-refractivity contribution in [1.29, 1.82) is 0 Å². The Kier molecular flexibility index (Phi) is 5.07. The highest BCUT2D eigenvalue weighted by Crippen LogP contribution is 2.32. The molecule has 0 saturated heterocycles. The molecule has 1 aromatic rings. The van der Waals surface area contributed by atoms with Gasteiger partial charge in [-0.25, -0.2) is 9.69 Å². The molecule has 1 atom stereocenters. The fourth-order valence-electron chi connectivity index (χ4n) is 2.41. The average Bonchev–Trinajstić information content (AvgIpc) is 2.50. The number of imide groups is 1. The van der Waals surface area contributed by atoms with Crippen molar-refractivity contribution in [3.05, 3.63) is 42.5 Å². The van der Waals surface area contributed by atoms with Crippen molar-refractivity contribution >= 4 is 23.7 Å². The zero-order chi connectivity index (χ0) is 17.9. The van der Waals surface area contributed by atoms with Crippen LogP contribution in [0.5, 0.6) is 0 Å². The molecule has 24 heavy (non-hydrogen) atoms. The van der Waals surface area contributed by atoms with Crippen LogP contribution in [0.3, 0.4) is 0 Å². The minimum Gasteiger partial charge on any atom is -0.461 e. The molecule has 0 N–H and O–H groups in total. The lowest BCUT2D eigenvalue weighted by atomic mass is 9.92. The lowest BCUT2D eigenvalue weighted by molar-refractivity contribution is -0.150. The quantitative estimate of drug-likeness (QED) is 0.484. The molecule has 0 aliphatic carbocycles. The number of benzene rings is 1. The third kappa shape index (κ3) is 3.82. The van der Waals surface area contributed by atoms with Crippen molar-refractivity contribution in [1.82, 2.24) is 0 Å². The van der Waals surface area contributed by atoms with E-state index in [-0.39, 0.29) is 13.0 Å². The van der Waals surface area contributed by atoms with Crippen molar-refractivity contribution in [2.75, 3.05) is 11.5 Å². The number of ether oxygens (including phenoxy) is 2. The maximum Gasteiger partial charge on any atom is 0.421 e. The summed E-state index contributed by atoms with van der Waals surface area (Å²) in [5.74, 6) is -2.40. The van der Waals surface area contributed by atoms with Crippen LogP contribution in [-0.2, 0) is 25.5 Å². The van der Waals surface area contributed by atoms with E-state index in [9.17, 15) is 14.4 Å². The average molecular weight is 331 g/mol. The van der Waals surface area contributed by atoms with Crippen LogP contribution in [0.2, 0.25) is 0 Å². The number of nitrogens with zero attached hydrogens (tertiary/aromatic N) is 1. The molecule has 1 aliphatic rings. The van der Waals surface area contributed by atoms with Gasteiger partial charge in [0.05, 0.1) is 5.69 Å². The molecule has 0 saturated carbocycles. The first-order valence-corrected chi connectivity index (χ1v) is 7.67. The Morgan fingerprint density at radius 1 is 1.33 bits per heavy atom. The Bertz CT molecular complexity index is 674. The van der Waals surface area contributed by atoms with E-state index in [2.05, 4.69) is 6.58 Å². The predicted octanol–water partition coefficient (Wildman–Crippen LogP) is 2.86. The molecule has 2 rings (SSSR count). The Hall–Kier alpha value is -2.63. The molecule has 1 aliphatic heterocycles. The highest BCUT2D eigenvalue weighted by molar-refractivity contribution is 6.19. The molecular weight excluding hydrogens is 310 g/mol. The van der Waals surface area contributed by atoms with Gasteiger partial charge in [0.1, 0.15) is 18.1 Å². The van der Waals surface area contributed by atoms with Gasteiger partial charge in [-0.3, -0.25) is 9.59 Å². The molecule has 2 amide bonds. The Balaban J connectivity index is 2.36. The number of hydrogen-bond acceptors (Lipinski definition) is 5. The summed E-state index contributed by atoms with van der Waals surface area (Å²) in [5, 5.41) is 0. The summed E-state index contributed by atoms with van der Waals surface area (Å²) in [6.45, 7) is 8.61. The molecule has 0 aromatic heterocycles. The standard InChI is InChI=1S/C18H21NO5/c1-5-10-23-16(21)13-11-12-8-6-7-9-14(12)19(15(13)20)17(22)24-18(2,3)4/h5-9,13H,1,10-11H2,2-4H3. The van der Waals surface area contributed by atoms with Gasteiger partial charge < -0.3 is 9.47 Å². The summed E-state index contributed by atoms with van der Waals surface area (Å²) in [5.41, 5.74) is 0.385. The van der Waals surface area contributed by atoms with Gasteiger partial charge in [-0.2, -0.15) is 0 Å². The smallest absolute Gasteiger partial charge is 0.421 e. The Morgan fingerprint density at radius 2 is 2.00 bits per heavy atom. The van der Waals surface area contributed by atoms with Crippen LogP contribution in [-0.4, -0.2) is 30.2 Å². The largest absolute Gasteiger partial charge is 0.461 e. The van der Waals surface area contributed by atoms with E-state index in [4.69, 9.17) is 9.47 Å². The molecule has 0 spiro atoms. The minimum atomic E-state index is -1.08. The maximum atomic E-state index is 12.7. The van der Waals surface area contributed by atoms with Crippen molar-refractivity contribution < 1.29 is 23.9 Å². The fraction of sp³-hybridized carbons (Fsp3) is 0.389. The van der Waals surface area contributed by atoms with Crippen LogP contribution in [0.25, 0.3) is 0 Å². The van der Waals surface area contributed by atoms with Gasteiger partial charge in [0.15, 0.2) is 0 Å². The van der Waals surface area contributed by atoms with Crippen LogP contribution in [0.4, 0.5) is 10.5 Å². The highest BCUT2D eigenvalue weighted by atomic mass is 16.6. The first kappa shape index (κ1) is 17.7. The van der Waals surface area contributed by atoms with E-state index in [0.29, 0.717) is 11.3 Å². The number of anilines is 1. The van der Waals surface area contributed by atoms with E-state index < -0.39 is 29.5 Å². The van der Waals surface area contributed by atoms with E-state index >= 15 is 0 Å². The second-order valence-electron chi connectivity index (χ2n) is 6.46. The van der Waals surface area contributed by atoms with Crippen LogP contribution < -0.4 is 4.90 Å². The predicted molar refractivity (Wildman–Crippen MR) is 88.5 cm³/mol. The molecule has 1 aromatic carbocycles. The van der Waals surface area contributed by atoms with Gasteiger partial charge in [-0.15, -0.1) is 0 Å². The first-order valence-electron chi connectivity index (χ1n) is 7.67. The first-order chi connectivity index (χ1) is 11.2. The van der Waals surface area contributed by atoms with Gasteiger partial charge in [0, 0.05) is 0 Å². The van der Waals surface area contributed by atoms with Crippen LogP contribution >= 0.6 is 0 Å². The van der Waals surface area contributed by atoms with E-state index in [1.54, 1.807) is 45.0 Å². The van der Waals surface area contributed by atoms with Crippen molar-refractivity contribution in [2.45, 2.75) is 32.8 Å². The van der Waals surface area contributed by atoms with Crippen LogP contribution in [0, 0.1) is 5.92 Å². The summed E-state index contributed by atoms with van der Waals surface area (Å²) in [6.07, 6.45) is 0.802. The maximum absolute atomic E-state index is 12.7. The number of carbonyl (C=O) groups excluding carboxylic acids is 3. The number of amides is 2. The molecular formula is C18H21NO5. The summed E-state index contributed by atoms with van der Waals surface area (Å²) in [7, 11) is 0. The number of hydrogen-bond donors (Lipinski definition) is 0. The second kappa shape index (κ2) is 6.86. The monoisotopic (exact) mass is 331 g/mol. The lowest BCUT2D eigenvalue weighted by Gasteiger charge is -2.33. The van der Waals surface area contributed by atoms with Gasteiger partial charge in [-0.05, 0) is 38.8 Å². The van der Waals surface area contributed by atoms with Gasteiger partial charge in [0.25, 0.3) is 5.91 Å². The van der Waals surface area contributed by atoms with Crippen molar-refractivity contribution in [3.63, 3.8) is 0 Å². The molecule has 0 fully saturated rings. The van der Waals surface area contributed by atoms with Gasteiger partial charge >= 0.3 is 12.1 Å². The molecule has 1 unspecified atom stereocenters. The van der Waals surface area contributed by atoms with Gasteiger partial charge in [0.2, 0.25) is 0 Å². The molecule has 0 bridgehead atoms. The second-order valence-corrected chi connectivity index (χ2v) is 6.46. The van der Waals surface area contributed by atoms with Crippen LogP contribution in [0.1, 0.15) is 26.3 Å². The summed E-state index contributed by atoms with van der Waals surface area (Å²) in [4.78, 5) is 38.3. The normalized spacial score (nSPS) is 17.0. The molecule has 1 heterocycles. The fourth-order valence-corrected chi connectivity index (χ4v) is 2.41. The van der Waals surface area contributed by atoms with E-state index in [1.165, 1.54) is 6.08 Å². The minimum absolute atomic E-state index is 0.0106. The third-order valence-corrected chi connectivity index (χ3v) is 3.38. The Morgan fingerprint density at radius 3 is 2.62 bits per heavy atom. The number of fused-ring (bicyclic) bond motifs is 1. The number of carbonyl (C=O) groups is 3. The summed E-state index contributed by atoms with van der Waals surface area (Å²) in [6, 6.07) is 6.93. The third-order valence-electron chi connectivity index (χ3n) is 3.38. The molecule has 0 radical (unpaired) electrons. The zero-order valence-electron chi connectivity index (χ0n) is 14.1. The highest BCUT2D eigenvalue weighted by Gasteiger charge is 2.42. The van der Waals surface area contributed by atoms with Crippen molar-refractivity contribution in [3.8, 4) is 0 Å². The topological polar surface area (TPSA) is 72.9 Å². The number of para-hydroxylation sites is 1. The summed E-state index contributed by atoms with van der Waals surface area (Å²) < 4.78 is 10.3. The van der Waals surface area contributed by atoms with E-state index in [0.717, 1.165) is 4.90 Å². The summed E-state index contributed by atoms with van der Waals surface area (Å²) >= 11 is 0. The SMILES string of the molecule is C=CCOC(=O)C1Cc2ccccc2N(C(=O)OC(C)(C)C)C1=O. The Labute approximate surface area is 141 Å². The number of esters is 1. The molecule has 128 valence electrons. The molecule has 6 nitrogen and oxygen atoms in total.